The van der Waals surface area contributed by atoms with E-state index in [2.05, 4.69) is 63.7 Å². The molecule has 1 heterocycles. The van der Waals surface area contributed by atoms with Gasteiger partial charge in [-0.15, -0.1) is 0 Å². The Labute approximate surface area is 159 Å². The zero-order valence-corrected chi connectivity index (χ0v) is 17.5. The van der Waals surface area contributed by atoms with Gasteiger partial charge in [0.1, 0.15) is 6.04 Å². The summed E-state index contributed by atoms with van der Waals surface area (Å²) >= 11 is 13.2. The van der Waals surface area contributed by atoms with E-state index in [-0.39, 0.29) is 17.5 Å². The number of carbonyl (C=O) groups excluding carboxylic acids is 2. The van der Waals surface area contributed by atoms with Crippen LogP contribution in [-0.2, 0) is 4.79 Å². The highest BCUT2D eigenvalue weighted by molar-refractivity contribution is 9.15. The van der Waals surface area contributed by atoms with Crippen LogP contribution >= 0.6 is 63.7 Å². The molecule has 1 aromatic carbocycles. The third kappa shape index (κ3) is 2.70. The van der Waals surface area contributed by atoms with Crippen LogP contribution in [0.5, 0.6) is 0 Å². The molecule has 1 aliphatic heterocycles. The number of rotatable bonds is 4. The lowest BCUT2D eigenvalue weighted by Crippen LogP contribution is -2.44. The zero-order valence-electron chi connectivity index (χ0n) is 11.1. The second kappa shape index (κ2) is 6.70. The molecule has 0 aliphatic carbocycles. The quantitative estimate of drug-likeness (QED) is 0.331. The molecule has 0 radical (unpaired) electrons. The van der Waals surface area contributed by atoms with Crippen LogP contribution in [0.15, 0.2) is 17.9 Å². The molecule has 2 rings (SSSR count). The molecule has 0 saturated heterocycles. The van der Waals surface area contributed by atoms with E-state index in [1.165, 1.54) is 0 Å². The van der Waals surface area contributed by atoms with Gasteiger partial charge in [0.05, 0.1) is 11.1 Å². The van der Waals surface area contributed by atoms with Gasteiger partial charge in [0.25, 0.3) is 11.8 Å². The van der Waals surface area contributed by atoms with Crippen molar-refractivity contribution in [3.63, 3.8) is 0 Å². The molecule has 5 nitrogen and oxygen atoms in total. The van der Waals surface area contributed by atoms with Crippen molar-refractivity contribution in [1.29, 1.82) is 0 Å². The topological polar surface area (TPSA) is 74.7 Å². The van der Waals surface area contributed by atoms with Crippen LogP contribution in [0, 0.1) is 0 Å². The van der Waals surface area contributed by atoms with Gasteiger partial charge in [0, 0.05) is 17.9 Å². The van der Waals surface area contributed by atoms with Crippen molar-refractivity contribution in [3.8, 4) is 0 Å². The SMILES string of the molecule is CCCC(C(=O)O)N1C(=O)c2c(Br)c(Br)c(Br)c(Br)c2C1=O. The molecule has 9 heteroatoms. The van der Waals surface area contributed by atoms with Crippen LogP contribution in [0.4, 0.5) is 0 Å². The lowest BCUT2D eigenvalue weighted by molar-refractivity contribution is -0.141. The molecule has 1 N–H and O–H groups in total. The fourth-order valence-corrected chi connectivity index (χ4v) is 4.74. The van der Waals surface area contributed by atoms with Gasteiger partial charge in [-0.05, 0) is 70.1 Å². The second-order valence-electron chi connectivity index (χ2n) is 4.63. The molecule has 22 heavy (non-hydrogen) atoms. The van der Waals surface area contributed by atoms with Crippen LogP contribution in [0.25, 0.3) is 0 Å². The Bertz CT molecular complexity index is 657. The first-order chi connectivity index (χ1) is 10.2. The molecule has 1 unspecified atom stereocenters. The van der Waals surface area contributed by atoms with E-state index in [4.69, 9.17) is 0 Å². The Morgan fingerprint density at radius 1 is 1.00 bits per heavy atom. The average molecular weight is 563 g/mol. The van der Waals surface area contributed by atoms with Gasteiger partial charge < -0.3 is 5.11 Å². The smallest absolute Gasteiger partial charge is 0.326 e. The number of halogens is 4. The molecule has 2 amide bonds. The number of fused-ring (bicyclic) bond motifs is 1. The number of hydrogen-bond donors (Lipinski definition) is 1. The van der Waals surface area contributed by atoms with Crippen LogP contribution in [-0.4, -0.2) is 33.8 Å². The van der Waals surface area contributed by atoms with Crippen LogP contribution in [0.1, 0.15) is 40.5 Å². The maximum Gasteiger partial charge on any atom is 0.326 e. The highest BCUT2D eigenvalue weighted by Gasteiger charge is 2.46. The number of carboxylic acids is 1. The zero-order chi connectivity index (χ0) is 16.8. The Balaban J connectivity index is 2.66. The normalized spacial score (nSPS) is 15.2. The Hall–Kier alpha value is -0.250. The average Bonchev–Trinajstić information content (AvgIpc) is 2.72. The maximum atomic E-state index is 12.6. The van der Waals surface area contributed by atoms with Gasteiger partial charge in [-0.3, -0.25) is 14.5 Å². The molecule has 0 fully saturated rings. The van der Waals surface area contributed by atoms with E-state index >= 15 is 0 Å². The minimum Gasteiger partial charge on any atom is -0.480 e. The van der Waals surface area contributed by atoms with Gasteiger partial charge in [0.15, 0.2) is 0 Å². The Morgan fingerprint density at radius 3 is 1.73 bits per heavy atom. The van der Waals surface area contributed by atoms with Crippen molar-refractivity contribution in [2.45, 2.75) is 25.8 Å². The number of carboxylic acid groups (broad SMARTS) is 1. The largest absolute Gasteiger partial charge is 0.480 e. The van der Waals surface area contributed by atoms with E-state index in [1.54, 1.807) is 6.92 Å². The number of benzene rings is 1. The number of imide groups is 1. The van der Waals surface area contributed by atoms with Gasteiger partial charge >= 0.3 is 5.97 Å². The second-order valence-corrected chi connectivity index (χ2v) is 7.80. The minimum absolute atomic E-state index is 0.161. The lowest BCUT2D eigenvalue weighted by Gasteiger charge is -2.21. The third-order valence-electron chi connectivity index (χ3n) is 3.29. The molecule has 118 valence electrons. The van der Waals surface area contributed by atoms with Crippen molar-refractivity contribution in [2.24, 2.45) is 0 Å². The fourth-order valence-electron chi connectivity index (χ4n) is 2.29. The van der Waals surface area contributed by atoms with Crippen LogP contribution in [0.2, 0.25) is 0 Å². The fraction of sp³-hybridized carbons (Fsp3) is 0.308. The van der Waals surface area contributed by atoms with Crippen molar-refractivity contribution in [2.75, 3.05) is 0 Å². The van der Waals surface area contributed by atoms with Crippen LogP contribution in [0.3, 0.4) is 0 Å². The monoisotopic (exact) mass is 559 g/mol. The Kier molecular flexibility index (Phi) is 5.51. The molecular formula is C13H9Br4NO4. The summed E-state index contributed by atoms with van der Waals surface area (Å²) in [7, 11) is 0. The molecule has 1 aliphatic rings. The van der Waals surface area contributed by atoms with Gasteiger partial charge in [0.2, 0.25) is 0 Å². The van der Waals surface area contributed by atoms with E-state index in [9.17, 15) is 19.5 Å². The van der Waals surface area contributed by atoms with Gasteiger partial charge in [-0.25, -0.2) is 4.79 Å². The van der Waals surface area contributed by atoms with E-state index in [0.717, 1.165) is 4.90 Å². The summed E-state index contributed by atoms with van der Waals surface area (Å²) in [6.45, 7) is 1.80. The molecule has 0 spiro atoms. The number of amides is 2. The molecule has 1 aromatic rings. The van der Waals surface area contributed by atoms with E-state index in [1.807, 2.05) is 0 Å². The van der Waals surface area contributed by atoms with E-state index in [0.29, 0.717) is 24.3 Å². The van der Waals surface area contributed by atoms with Crippen molar-refractivity contribution < 1.29 is 19.5 Å². The first kappa shape index (κ1) is 18.1. The standard InChI is InChI=1S/C13H9Br4NO4/c1-2-3-4(13(21)22)18-11(19)5-6(12(18)20)8(15)10(17)9(16)7(5)14/h4H,2-3H2,1H3,(H,21,22). The molecule has 0 aromatic heterocycles. The van der Waals surface area contributed by atoms with Gasteiger partial charge in [-0.1, -0.05) is 13.3 Å². The number of carbonyl (C=O) groups is 3. The number of hydrogen-bond acceptors (Lipinski definition) is 3. The maximum absolute atomic E-state index is 12.6. The summed E-state index contributed by atoms with van der Waals surface area (Å²) in [5.74, 6) is -2.41. The number of nitrogens with zero attached hydrogens (tertiary/aromatic N) is 1. The molecule has 0 bridgehead atoms. The minimum atomic E-state index is -1.19. The first-order valence-electron chi connectivity index (χ1n) is 6.20. The van der Waals surface area contributed by atoms with Crippen molar-refractivity contribution in [1.82, 2.24) is 4.90 Å². The predicted molar refractivity (Wildman–Crippen MR) is 94.1 cm³/mol. The highest BCUT2D eigenvalue weighted by Crippen LogP contribution is 2.45. The van der Waals surface area contributed by atoms with Crippen molar-refractivity contribution >= 4 is 81.5 Å². The summed E-state index contributed by atoms with van der Waals surface area (Å²) in [5.41, 5.74) is 0.323. The molecular weight excluding hydrogens is 554 g/mol. The molecule has 1 atom stereocenters. The highest BCUT2D eigenvalue weighted by atomic mass is 79.9. The summed E-state index contributed by atoms with van der Waals surface area (Å²) in [4.78, 5) is 37.5. The molecule has 0 saturated carbocycles. The first-order valence-corrected chi connectivity index (χ1v) is 9.37. The van der Waals surface area contributed by atoms with Crippen LogP contribution < -0.4 is 0 Å². The van der Waals surface area contributed by atoms with E-state index < -0.39 is 23.8 Å². The lowest BCUT2D eigenvalue weighted by atomic mass is 10.1. The Morgan fingerprint density at radius 2 is 1.41 bits per heavy atom. The van der Waals surface area contributed by atoms with Crippen molar-refractivity contribution in [3.05, 3.63) is 29.0 Å². The summed E-state index contributed by atoms with van der Waals surface area (Å²) in [6, 6.07) is -1.17. The third-order valence-corrected chi connectivity index (χ3v) is 8.06. The summed E-state index contributed by atoms with van der Waals surface area (Å²) in [5, 5.41) is 9.34. The summed E-state index contributed by atoms with van der Waals surface area (Å²) < 4.78 is 1.98. The predicted octanol–water partition coefficient (Wildman–Crippen LogP) is 4.59. The number of aliphatic carboxylic acids is 1. The van der Waals surface area contributed by atoms with Gasteiger partial charge in [-0.2, -0.15) is 0 Å². The summed E-state index contributed by atoms with van der Waals surface area (Å²) in [6.07, 6.45) is 0.748.